The number of ether oxygens (including phenoxy) is 2. The molecule has 4 aromatic carbocycles. The van der Waals surface area contributed by atoms with Crippen molar-refractivity contribution in [2.75, 3.05) is 11.9 Å². The molecule has 0 saturated carbocycles. The van der Waals surface area contributed by atoms with Gasteiger partial charge in [0.05, 0.1) is 5.56 Å². The van der Waals surface area contributed by atoms with Crippen molar-refractivity contribution in [3.63, 3.8) is 0 Å². The average molecular weight is 447 g/mol. The molecule has 0 bridgehead atoms. The molecule has 1 aliphatic heterocycles. The molecular formula is C27H20F3NO2. The molecule has 0 aliphatic carbocycles. The molecule has 0 fully saturated rings. The van der Waals surface area contributed by atoms with Gasteiger partial charge in [-0.1, -0.05) is 42.5 Å². The SMILES string of the molecule is CN(c1ccccc1)c1ccc2c(c1)C(c1cccc(F)c1)Oc1cccc(OC(F)F)c1-2. The number of hydrogen-bond donors (Lipinski definition) is 0. The first kappa shape index (κ1) is 20.9. The molecule has 0 aromatic heterocycles. The van der Waals surface area contributed by atoms with E-state index in [2.05, 4.69) is 0 Å². The quantitative estimate of drug-likeness (QED) is 0.319. The fourth-order valence-electron chi connectivity index (χ4n) is 4.18. The van der Waals surface area contributed by atoms with E-state index < -0.39 is 12.7 Å². The molecule has 4 aromatic rings. The Kier molecular flexibility index (Phi) is 5.42. The molecular weight excluding hydrogens is 427 g/mol. The van der Waals surface area contributed by atoms with Crippen LogP contribution in [0.25, 0.3) is 11.1 Å². The minimum absolute atomic E-state index is 0.0330. The Morgan fingerprint density at radius 2 is 1.64 bits per heavy atom. The zero-order valence-electron chi connectivity index (χ0n) is 17.7. The lowest BCUT2D eigenvalue weighted by Gasteiger charge is -2.31. The predicted octanol–water partition coefficient (Wildman–Crippen LogP) is 7.34. The Bertz CT molecular complexity index is 1290. The van der Waals surface area contributed by atoms with Crippen LogP contribution in [0.15, 0.2) is 91.0 Å². The van der Waals surface area contributed by atoms with Crippen molar-refractivity contribution >= 4 is 11.4 Å². The van der Waals surface area contributed by atoms with Crippen LogP contribution in [-0.2, 0) is 0 Å². The van der Waals surface area contributed by atoms with Crippen LogP contribution in [0.5, 0.6) is 11.5 Å². The van der Waals surface area contributed by atoms with E-state index in [-0.39, 0.29) is 11.6 Å². The van der Waals surface area contributed by atoms with Crippen LogP contribution in [0.3, 0.4) is 0 Å². The van der Waals surface area contributed by atoms with Gasteiger partial charge in [0, 0.05) is 24.0 Å². The Morgan fingerprint density at radius 3 is 2.39 bits per heavy atom. The van der Waals surface area contributed by atoms with Gasteiger partial charge in [-0.05, 0) is 59.7 Å². The van der Waals surface area contributed by atoms with Crippen LogP contribution in [0.2, 0.25) is 0 Å². The molecule has 166 valence electrons. The number of hydrogen-bond acceptors (Lipinski definition) is 3. The second kappa shape index (κ2) is 8.54. The molecule has 0 saturated heterocycles. The molecule has 0 radical (unpaired) electrons. The van der Waals surface area contributed by atoms with Gasteiger partial charge in [0.1, 0.15) is 23.4 Å². The van der Waals surface area contributed by atoms with E-state index in [1.54, 1.807) is 24.3 Å². The van der Waals surface area contributed by atoms with Gasteiger partial charge in [-0.15, -0.1) is 0 Å². The Morgan fingerprint density at radius 1 is 0.848 bits per heavy atom. The van der Waals surface area contributed by atoms with Crippen LogP contribution in [0.4, 0.5) is 24.5 Å². The highest BCUT2D eigenvalue weighted by atomic mass is 19.3. The fraction of sp³-hybridized carbons (Fsp3) is 0.111. The fourth-order valence-corrected chi connectivity index (χ4v) is 4.18. The number of halogens is 3. The first-order valence-electron chi connectivity index (χ1n) is 10.4. The van der Waals surface area contributed by atoms with Gasteiger partial charge in [-0.25, -0.2) is 4.39 Å². The van der Waals surface area contributed by atoms with Crippen molar-refractivity contribution in [1.29, 1.82) is 0 Å². The van der Waals surface area contributed by atoms with Crippen LogP contribution in [0, 0.1) is 5.82 Å². The molecule has 0 spiro atoms. The zero-order chi connectivity index (χ0) is 22.9. The van der Waals surface area contributed by atoms with Crippen LogP contribution in [-0.4, -0.2) is 13.7 Å². The number of alkyl halides is 2. The summed E-state index contributed by atoms with van der Waals surface area (Å²) in [4.78, 5) is 2.01. The highest BCUT2D eigenvalue weighted by molar-refractivity contribution is 5.83. The molecule has 1 unspecified atom stereocenters. The Hall–Kier alpha value is -3.93. The Balaban J connectivity index is 1.68. The zero-order valence-corrected chi connectivity index (χ0v) is 17.7. The van der Waals surface area contributed by atoms with Gasteiger partial charge in [-0.2, -0.15) is 8.78 Å². The Labute approximate surface area is 189 Å². The maximum atomic E-state index is 14.1. The van der Waals surface area contributed by atoms with E-state index in [1.807, 2.05) is 60.5 Å². The van der Waals surface area contributed by atoms with Gasteiger partial charge in [0.25, 0.3) is 0 Å². The third-order valence-corrected chi connectivity index (χ3v) is 5.72. The third-order valence-electron chi connectivity index (χ3n) is 5.72. The van der Waals surface area contributed by atoms with E-state index in [0.717, 1.165) is 16.9 Å². The van der Waals surface area contributed by atoms with Crippen LogP contribution >= 0.6 is 0 Å². The molecule has 33 heavy (non-hydrogen) atoms. The lowest BCUT2D eigenvalue weighted by atomic mass is 9.88. The van der Waals surface area contributed by atoms with E-state index in [4.69, 9.17) is 9.47 Å². The topological polar surface area (TPSA) is 21.7 Å². The molecule has 3 nitrogen and oxygen atoms in total. The minimum Gasteiger partial charge on any atom is -0.480 e. The van der Waals surface area contributed by atoms with Crippen molar-refractivity contribution in [3.05, 3.63) is 108 Å². The number of rotatable bonds is 5. The van der Waals surface area contributed by atoms with Crippen LogP contribution in [0.1, 0.15) is 17.2 Å². The van der Waals surface area contributed by atoms with E-state index in [1.165, 1.54) is 18.2 Å². The molecule has 0 N–H and O–H groups in total. The number of nitrogens with zero attached hydrogens (tertiary/aromatic N) is 1. The van der Waals surface area contributed by atoms with Gasteiger partial charge in [0.15, 0.2) is 0 Å². The van der Waals surface area contributed by atoms with Crippen molar-refractivity contribution in [2.45, 2.75) is 12.7 Å². The highest BCUT2D eigenvalue weighted by Gasteiger charge is 2.31. The second-order valence-corrected chi connectivity index (χ2v) is 7.73. The molecule has 1 atom stereocenters. The summed E-state index contributed by atoms with van der Waals surface area (Å²) in [6.45, 7) is -2.97. The monoisotopic (exact) mass is 447 g/mol. The standard InChI is InChI=1S/C27H20F3NO2/c1-31(19-9-3-2-4-10-19)20-13-14-21-22(16-20)26(17-7-5-8-18(28)15-17)32-23-11-6-12-24(25(21)23)33-27(29)30/h2-16,26-27H,1H3. The van der Waals surface area contributed by atoms with Crippen molar-refractivity contribution in [3.8, 4) is 22.6 Å². The summed E-state index contributed by atoms with van der Waals surface area (Å²) in [6.07, 6.45) is -0.617. The van der Waals surface area contributed by atoms with Crippen molar-refractivity contribution in [1.82, 2.24) is 0 Å². The molecule has 5 rings (SSSR count). The molecule has 6 heteroatoms. The smallest absolute Gasteiger partial charge is 0.387 e. The maximum Gasteiger partial charge on any atom is 0.387 e. The lowest BCUT2D eigenvalue weighted by Crippen LogP contribution is -2.18. The predicted molar refractivity (Wildman–Crippen MR) is 122 cm³/mol. The summed E-state index contributed by atoms with van der Waals surface area (Å²) in [5, 5.41) is 0. The van der Waals surface area contributed by atoms with Crippen molar-refractivity contribution < 1.29 is 22.6 Å². The minimum atomic E-state index is -2.97. The van der Waals surface area contributed by atoms with Crippen LogP contribution < -0.4 is 14.4 Å². The van der Waals surface area contributed by atoms with Gasteiger partial charge >= 0.3 is 6.61 Å². The second-order valence-electron chi connectivity index (χ2n) is 7.73. The molecule has 1 heterocycles. The summed E-state index contributed by atoms with van der Waals surface area (Å²) < 4.78 is 51.3. The highest BCUT2D eigenvalue weighted by Crippen LogP contribution is 2.50. The summed E-state index contributed by atoms with van der Waals surface area (Å²) in [5.74, 6) is 0.0560. The van der Waals surface area contributed by atoms with Gasteiger partial charge in [-0.3, -0.25) is 0 Å². The third kappa shape index (κ3) is 4.00. The van der Waals surface area contributed by atoms with E-state index >= 15 is 0 Å². The molecule has 0 amide bonds. The lowest BCUT2D eigenvalue weighted by molar-refractivity contribution is -0.0496. The molecule has 1 aliphatic rings. The van der Waals surface area contributed by atoms with E-state index in [9.17, 15) is 13.2 Å². The summed E-state index contributed by atoms with van der Waals surface area (Å²) >= 11 is 0. The van der Waals surface area contributed by atoms with Gasteiger partial charge < -0.3 is 14.4 Å². The summed E-state index contributed by atoms with van der Waals surface area (Å²) in [7, 11) is 1.94. The first-order valence-corrected chi connectivity index (χ1v) is 10.4. The number of para-hydroxylation sites is 1. The summed E-state index contributed by atoms with van der Waals surface area (Å²) in [6, 6.07) is 26.6. The number of fused-ring (bicyclic) bond motifs is 3. The van der Waals surface area contributed by atoms with Crippen molar-refractivity contribution in [2.24, 2.45) is 0 Å². The number of anilines is 2. The maximum absolute atomic E-state index is 14.1. The normalized spacial score (nSPS) is 14.3. The first-order chi connectivity index (χ1) is 16.0. The number of benzene rings is 4. The summed E-state index contributed by atoms with van der Waals surface area (Å²) in [5.41, 5.74) is 4.38. The average Bonchev–Trinajstić information content (AvgIpc) is 2.83. The van der Waals surface area contributed by atoms with E-state index in [0.29, 0.717) is 22.4 Å². The largest absolute Gasteiger partial charge is 0.480 e. The van der Waals surface area contributed by atoms with Gasteiger partial charge in [0.2, 0.25) is 0 Å².